The number of hydroxylamine groups is 1. The second kappa shape index (κ2) is 16.2. The number of alkyl halides is 6. The summed E-state index contributed by atoms with van der Waals surface area (Å²) in [5, 5.41) is 16.2. The van der Waals surface area contributed by atoms with E-state index in [1.807, 2.05) is 6.07 Å². The maximum Gasteiger partial charge on any atom is 0.451 e. The Labute approximate surface area is 284 Å². The van der Waals surface area contributed by atoms with Crippen molar-refractivity contribution in [2.24, 2.45) is 0 Å². The number of fused-ring (bicyclic) bond motifs is 2. The van der Waals surface area contributed by atoms with Crippen molar-refractivity contribution in [1.29, 1.82) is 0 Å². The van der Waals surface area contributed by atoms with Crippen molar-refractivity contribution >= 4 is 18.3 Å². The summed E-state index contributed by atoms with van der Waals surface area (Å²) in [7, 11) is 0. The van der Waals surface area contributed by atoms with Gasteiger partial charge in [-0.05, 0) is 23.6 Å². The molecule has 2 aliphatic heterocycles. The predicted octanol–water partition coefficient (Wildman–Crippen LogP) is 4.60. The fourth-order valence-electron chi connectivity index (χ4n) is 5.18. The lowest BCUT2D eigenvalue weighted by molar-refractivity contribution is -0.148. The topological polar surface area (TPSA) is 115 Å². The molecule has 0 saturated carbocycles. The van der Waals surface area contributed by atoms with E-state index in [0.29, 0.717) is 31.0 Å². The molecule has 0 spiro atoms. The van der Waals surface area contributed by atoms with Gasteiger partial charge in [-0.1, -0.05) is 30.3 Å². The van der Waals surface area contributed by atoms with Crippen molar-refractivity contribution in [2.75, 3.05) is 13.1 Å². The van der Waals surface area contributed by atoms with Gasteiger partial charge in [-0.15, -0.1) is 32.8 Å². The number of nitrogens with zero attached hydrogens (tertiary/aromatic N) is 7. The predicted molar refractivity (Wildman–Crippen MR) is 157 cm³/mol. The van der Waals surface area contributed by atoms with E-state index in [1.54, 1.807) is 24.3 Å². The number of benzene rings is 2. The molecule has 6 rings (SSSR count). The van der Waals surface area contributed by atoms with Crippen LogP contribution in [-0.4, -0.2) is 59.5 Å². The van der Waals surface area contributed by atoms with Crippen LogP contribution in [0.3, 0.4) is 0 Å². The highest BCUT2D eigenvalue weighted by molar-refractivity contribution is 5.85. The number of nitrogens with one attached hydrogen (secondary N) is 2. The number of amides is 1. The minimum atomic E-state index is -4.67. The Balaban J connectivity index is 0.000000335. The van der Waals surface area contributed by atoms with Gasteiger partial charge in [0.1, 0.15) is 11.6 Å². The van der Waals surface area contributed by atoms with Crippen molar-refractivity contribution in [1.82, 2.24) is 45.2 Å². The zero-order chi connectivity index (χ0) is 35.3. The van der Waals surface area contributed by atoms with Crippen LogP contribution in [0, 0.1) is 17.5 Å². The van der Waals surface area contributed by atoms with E-state index >= 15 is 0 Å². The van der Waals surface area contributed by atoms with E-state index < -0.39 is 53.4 Å². The highest BCUT2D eigenvalue weighted by Gasteiger charge is 2.40. The molecule has 2 N–H and O–H groups in total. The van der Waals surface area contributed by atoms with E-state index in [0.717, 1.165) is 14.7 Å². The zero-order valence-corrected chi connectivity index (χ0v) is 26.6. The van der Waals surface area contributed by atoms with Crippen LogP contribution in [0.25, 0.3) is 0 Å². The maximum absolute atomic E-state index is 14.3. The summed E-state index contributed by atoms with van der Waals surface area (Å²) in [5.74, 6) is -5.73. The molecule has 0 aliphatic carbocycles. The number of hydrogen-bond donors (Lipinski definition) is 2. The van der Waals surface area contributed by atoms with E-state index in [4.69, 9.17) is 4.84 Å². The summed E-state index contributed by atoms with van der Waals surface area (Å²) in [6.45, 7) is 0.889. The molecule has 11 nitrogen and oxygen atoms in total. The molecule has 0 fully saturated rings. The molecule has 1 amide bonds. The SMILES string of the molecule is Cl.FC(F)(F)c1nnc2n1CCNC2.O=C(C[C@@H](Cc1cc(F)c(F)cc1F)NOCc1ccccc1)N1CCn2c(nnc2C(F)(F)F)C1. The standard InChI is InChI=1S/C23H21F6N5O2.C6H7F3N4.ClH/c24-17-11-19(26)18(25)9-15(17)8-16(32-36-13-14-4-2-1-3-5-14)10-21(35)33-6-7-34-20(12-33)30-31-22(34)23(27,28)29;7-6(8,9)5-12-11-4-3-10-1-2-13(4)5;/h1-5,9,11,16,32H,6-8,10,12-13H2;10H,1-3H2;1H/t16-;;/m1../s1. The normalized spacial score (nSPS) is 14.9. The Bertz CT molecular complexity index is 1750. The van der Waals surface area contributed by atoms with Crippen LogP contribution < -0.4 is 10.8 Å². The number of hydrogen-bond acceptors (Lipinski definition) is 8. The van der Waals surface area contributed by atoms with Crippen molar-refractivity contribution in [3.05, 3.63) is 94.3 Å². The fraction of sp³-hybridized carbons (Fsp3) is 0.414. The summed E-state index contributed by atoms with van der Waals surface area (Å²) in [6.07, 6.45) is -9.54. The maximum atomic E-state index is 14.3. The van der Waals surface area contributed by atoms with Crippen LogP contribution in [0.4, 0.5) is 39.5 Å². The summed E-state index contributed by atoms with van der Waals surface area (Å²) in [4.78, 5) is 19.7. The van der Waals surface area contributed by atoms with Gasteiger partial charge in [0, 0.05) is 44.7 Å². The van der Waals surface area contributed by atoms with E-state index in [-0.39, 0.29) is 69.4 Å². The average molecular weight is 742 g/mol. The molecular formula is C29H29ClF9N9O2. The monoisotopic (exact) mass is 741 g/mol. The van der Waals surface area contributed by atoms with Gasteiger partial charge in [0.25, 0.3) is 0 Å². The van der Waals surface area contributed by atoms with E-state index in [1.165, 1.54) is 4.90 Å². The van der Waals surface area contributed by atoms with Crippen LogP contribution in [0.1, 0.15) is 40.8 Å². The summed E-state index contributed by atoms with van der Waals surface area (Å²) in [6, 6.07) is 9.30. The zero-order valence-electron chi connectivity index (χ0n) is 25.7. The smallest absolute Gasteiger partial charge is 0.333 e. The minimum Gasteiger partial charge on any atom is -0.333 e. The fourth-order valence-corrected chi connectivity index (χ4v) is 5.18. The number of rotatable bonds is 8. The van der Waals surface area contributed by atoms with Crippen molar-refractivity contribution in [2.45, 2.75) is 64.0 Å². The van der Waals surface area contributed by atoms with E-state index in [2.05, 4.69) is 31.2 Å². The first-order chi connectivity index (χ1) is 23.2. The lowest BCUT2D eigenvalue weighted by Gasteiger charge is -2.29. The molecule has 21 heteroatoms. The van der Waals surface area contributed by atoms with Crippen LogP contribution in [0.15, 0.2) is 42.5 Å². The lowest BCUT2D eigenvalue weighted by Crippen LogP contribution is -2.43. The molecule has 4 aromatic rings. The third-order valence-electron chi connectivity index (χ3n) is 7.54. The number of halogens is 10. The largest absolute Gasteiger partial charge is 0.451 e. The van der Waals surface area contributed by atoms with Crippen LogP contribution in [0.2, 0.25) is 0 Å². The van der Waals surface area contributed by atoms with Gasteiger partial charge < -0.3 is 19.4 Å². The Hall–Kier alpha value is -4.27. The second-order valence-corrected chi connectivity index (χ2v) is 11.0. The van der Waals surface area contributed by atoms with Gasteiger partial charge >= 0.3 is 12.4 Å². The van der Waals surface area contributed by atoms with Gasteiger partial charge in [-0.25, -0.2) is 13.2 Å². The highest BCUT2D eigenvalue weighted by Crippen LogP contribution is 2.30. The molecule has 0 saturated heterocycles. The average Bonchev–Trinajstić information content (AvgIpc) is 3.69. The van der Waals surface area contributed by atoms with Crippen LogP contribution in [-0.2, 0) is 61.2 Å². The van der Waals surface area contributed by atoms with Crippen LogP contribution in [0.5, 0.6) is 0 Å². The summed E-state index contributed by atoms with van der Waals surface area (Å²) in [5.41, 5.74) is 3.32. The number of carbonyl (C=O) groups excluding carboxylic acids is 1. The number of carbonyl (C=O) groups is 1. The molecule has 2 aliphatic rings. The molecule has 2 aromatic heterocycles. The van der Waals surface area contributed by atoms with E-state index in [9.17, 15) is 44.3 Å². The van der Waals surface area contributed by atoms with Gasteiger partial charge in [0.2, 0.25) is 17.6 Å². The van der Waals surface area contributed by atoms with Crippen molar-refractivity contribution < 1.29 is 49.1 Å². The summed E-state index contributed by atoms with van der Waals surface area (Å²) >= 11 is 0. The quantitative estimate of drug-likeness (QED) is 0.153. The Morgan fingerprint density at radius 3 is 2.12 bits per heavy atom. The number of aromatic nitrogens is 6. The lowest BCUT2D eigenvalue weighted by atomic mass is 10.0. The molecule has 272 valence electrons. The first-order valence-corrected chi connectivity index (χ1v) is 14.7. The Morgan fingerprint density at radius 1 is 0.840 bits per heavy atom. The van der Waals surface area contributed by atoms with Gasteiger partial charge in [0.05, 0.1) is 19.7 Å². The molecular weight excluding hydrogens is 713 g/mol. The molecule has 0 bridgehead atoms. The summed E-state index contributed by atoms with van der Waals surface area (Å²) < 4.78 is 119. The third-order valence-corrected chi connectivity index (χ3v) is 7.54. The Morgan fingerprint density at radius 2 is 1.46 bits per heavy atom. The van der Waals surface area contributed by atoms with Crippen LogP contribution >= 0.6 is 12.4 Å². The minimum absolute atomic E-state index is 0. The molecule has 1 atom stereocenters. The van der Waals surface area contributed by atoms with Gasteiger partial charge in [-0.2, -0.15) is 31.8 Å². The molecule has 2 aromatic carbocycles. The Kier molecular flexibility index (Phi) is 12.5. The highest BCUT2D eigenvalue weighted by atomic mass is 35.5. The molecule has 4 heterocycles. The third kappa shape index (κ3) is 9.49. The molecule has 50 heavy (non-hydrogen) atoms. The molecule has 0 radical (unpaired) electrons. The van der Waals surface area contributed by atoms with Crippen molar-refractivity contribution in [3.8, 4) is 0 Å². The van der Waals surface area contributed by atoms with Crippen molar-refractivity contribution in [3.63, 3.8) is 0 Å². The van der Waals surface area contributed by atoms with Gasteiger partial charge in [0.15, 0.2) is 17.5 Å². The first kappa shape index (κ1) is 38.5. The molecule has 0 unspecified atom stereocenters. The van der Waals surface area contributed by atoms with Gasteiger partial charge in [-0.3, -0.25) is 9.63 Å². The first-order valence-electron chi connectivity index (χ1n) is 14.7. The second-order valence-electron chi connectivity index (χ2n) is 11.0.